The molecule has 8 aromatic rings. The predicted molar refractivity (Wildman–Crippen MR) is 331 cm³/mol. The average Bonchev–Trinajstić information content (AvgIpc) is 4.12. The number of nitrogens with zero attached hydrogens (tertiary/aromatic N) is 2. The van der Waals surface area contributed by atoms with E-state index in [0.29, 0.717) is 57.8 Å². The number of aromatic hydroxyl groups is 2. The van der Waals surface area contributed by atoms with Crippen LogP contribution >= 0.6 is 67.8 Å². The number of benzene rings is 6. The molecule has 0 bridgehead atoms. The summed E-state index contributed by atoms with van der Waals surface area (Å²) < 4.78 is 79.7. The molecule has 8 rings (SSSR count). The fraction of sp³-hybridized carbons (Fsp3) is 0.290. The zero-order valence-corrected chi connectivity index (χ0v) is 53.3. The third-order valence-corrected chi connectivity index (χ3v) is 15.2. The molecule has 19 heteroatoms. The standard InChI is InChI=1S/2C22H21F2IN2O3.C9H11IO.C9H12O/c2*1-11(2)14-5-6-18(25)20(9-14)30-22-27-19(10-29-22)21(28)26-13(4)15-7-16(23)12(3)17(24)8-15;1-6(2)7-3-4-8(10)9(11)5-7;1-7(2)8-4-3-5-9(10)6-8/h2*5-11,13H,1-4H3,(H,26,28);3-6,11H,1-2H3;3-7,10H,1-2H3/t2*13-;;/m11../s1. The Labute approximate surface area is 511 Å². The van der Waals surface area contributed by atoms with Gasteiger partial charge in [-0.1, -0.05) is 85.7 Å². The van der Waals surface area contributed by atoms with Crippen molar-refractivity contribution in [3.05, 3.63) is 206 Å². The van der Waals surface area contributed by atoms with E-state index in [-0.39, 0.29) is 34.7 Å². The summed E-state index contributed by atoms with van der Waals surface area (Å²) >= 11 is 6.40. The molecule has 0 aliphatic carbocycles. The number of hydrogen-bond donors (Lipinski definition) is 4. The molecule has 0 saturated heterocycles. The Morgan fingerprint density at radius 3 is 1.16 bits per heavy atom. The number of amides is 2. The second kappa shape index (κ2) is 30.2. The van der Waals surface area contributed by atoms with Gasteiger partial charge in [-0.15, -0.1) is 0 Å². The molecular weight excluding hydrogens is 1390 g/mol. The Morgan fingerprint density at radius 2 is 0.827 bits per heavy atom. The quantitative estimate of drug-likeness (QED) is 0.0607. The molecule has 2 atom stereocenters. The number of carbonyl (C=O) groups is 2. The first-order chi connectivity index (χ1) is 38.1. The summed E-state index contributed by atoms with van der Waals surface area (Å²) in [6.45, 7) is 22.7. The number of carbonyl (C=O) groups excluding carboxylic acids is 2. The lowest BCUT2D eigenvalue weighted by atomic mass is 10.0. The van der Waals surface area contributed by atoms with E-state index >= 15 is 0 Å². The number of oxazole rings is 2. The second-order valence-corrected chi connectivity index (χ2v) is 23.6. The van der Waals surface area contributed by atoms with Gasteiger partial charge >= 0.3 is 12.2 Å². The SMILES string of the molecule is CC(C)c1ccc(I)c(O)c1.CC(C)c1cccc(O)c1.Cc1c(F)cc([C@@H](C)NC(=O)c2coc(Oc3cc(C(C)C)ccc3I)n2)cc1F.Cc1c(F)cc([C@@H](C)NC(=O)c2coc(Oc3cc(C(C)C)ccc3I)n2)cc1F. The van der Waals surface area contributed by atoms with Gasteiger partial charge in [0.05, 0.1) is 22.8 Å². The smallest absolute Gasteiger partial charge is 0.399 e. The summed E-state index contributed by atoms with van der Waals surface area (Å²) in [7, 11) is 0. The Bertz CT molecular complexity index is 3220. The molecular formula is C62H65F4I3N4O8. The largest absolute Gasteiger partial charge is 0.508 e. The van der Waals surface area contributed by atoms with Crippen molar-refractivity contribution in [3.63, 3.8) is 0 Å². The summed E-state index contributed by atoms with van der Waals surface area (Å²) in [4.78, 5) is 33.1. The fourth-order valence-corrected chi connectivity index (χ4v) is 8.46. The normalized spacial score (nSPS) is 11.7. The van der Waals surface area contributed by atoms with Gasteiger partial charge in [0, 0.05) is 11.1 Å². The lowest BCUT2D eigenvalue weighted by molar-refractivity contribution is 0.0926. The number of phenols is 2. The van der Waals surface area contributed by atoms with Gasteiger partial charge in [0.1, 0.15) is 58.8 Å². The Balaban J connectivity index is 0.000000220. The van der Waals surface area contributed by atoms with E-state index in [2.05, 4.69) is 144 Å². The van der Waals surface area contributed by atoms with E-state index in [0.717, 1.165) is 21.8 Å². The molecule has 81 heavy (non-hydrogen) atoms. The molecule has 0 aliphatic rings. The fourth-order valence-electron chi connectivity index (χ4n) is 7.23. The van der Waals surface area contributed by atoms with Crippen molar-refractivity contribution in [3.8, 4) is 35.2 Å². The van der Waals surface area contributed by atoms with Crippen molar-refractivity contribution in [1.29, 1.82) is 0 Å². The highest BCUT2D eigenvalue weighted by Gasteiger charge is 2.22. The van der Waals surface area contributed by atoms with Crippen LogP contribution in [-0.4, -0.2) is 32.0 Å². The van der Waals surface area contributed by atoms with Crippen LogP contribution in [0.2, 0.25) is 0 Å². The number of halogens is 7. The van der Waals surface area contributed by atoms with Crippen LogP contribution in [0.5, 0.6) is 35.2 Å². The van der Waals surface area contributed by atoms with Crippen molar-refractivity contribution in [1.82, 2.24) is 20.6 Å². The lowest BCUT2D eigenvalue weighted by Crippen LogP contribution is -2.27. The summed E-state index contributed by atoms with van der Waals surface area (Å²) in [5.41, 5.74) is 5.05. The molecule has 0 fully saturated rings. The molecule has 0 aliphatic heterocycles. The van der Waals surface area contributed by atoms with Crippen LogP contribution in [0.4, 0.5) is 17.6 Å². The molecule has 2 aromatic heterocycles. The van der Waals surface area contributed by atoms with E-state index < -0.39 is 47.2 Å². The summed E-state index contributed by atoms with van der Waals surface area (Å²) in [5.74, 6) is -0.231. The predicted octanol–water partition coefficient (Wildman–Crippen LogP) is 18.2. The zero-order chi connectivity index (χ0) is 60.0. The molecule has 0 spiro atoms. The van der Waals surface area contributed by atoms with Gasteiger partial charge in [-0.3, -0.25) is 9.59 Å². The van der Waals surface area contributed by atoms with Gasteiger partial charge in [-0.2, -0.15) is 9.97 Å². The molecule has 2 heterocycles. The third-order valence-electron chi connectivity index (χ3n) is 12.5. The van der Waals surface area contributed by atoms with Crippen molar-refractivity contribution in [2.45, 2.75) is 119 Å². The molecule has 0 saturated carbocycles. The molecule has 4 N–H and O–H groups in total. The number of hydrogen-bond acceptors (Lipinski definition) is 10. The van der Waals surface area contributed by atoms with E-state index in [1.165, 1.54) is 61.8 Å². The van der Waals surface area contributed by atoms with E-state index in [1.807, 2.05) is 66.7 Å². The minimum absolute atomic E-state index is 0.0000668. The first kappa shape index (κ1) is 65.6. The maximum Gasteiger partial charge on any atom is 0.399 e. The number of rotatable bonds is 14. The van der Waals surface area contributed by atoms with Crippen molar-refractivity contribution in [2.75, 3.05) is 0 Å². The maximum atomic E-state index is 13.8. The van der Waals surface area contributed by atoms with Crippen LogP contribution in [0.15, 0.2) is 124 Å². The van der Waals surface area contributed by atoms with Crippen LogP contribution in [0, 0.1) is 47.8 Å². The van der Waals surface area contributed by atoms with E-state index in [1.54, 1.807) is 26.0 Å². The van der Waals surface area contributed by atoms with Crippen molar-refractivity contribution in [2.24, 2.45) is 0 Å². The van der Waals surface area contributed by atoms with Gasteiger partial charge in [0.2, 0.25) is 0 Å². The average molecular weight is 1450 g/mol. The van der Waals surface area contributed by atoms with Crippen molar-refractivity contribution < 1.29 is 55.7 Å². The number of aromatic nitrogens is 2. The Hall–Kier alpha value is -6.21. The number of phenolic OH excluding ortho intramolecular Hbond substituents is 2. The summed E-state index contributed by atoms with van der Waals surface area (Å²) in [5, 5.41) is 23.7. The van der Waals surface area contributed by atoms with Crippen LogP contribution in [0.3, 0.4) is 0 Å². The first-order valence-electron chi connectivity index (χ1n) is 25.8. The zero-order valence-electron chi connectivity index (χ0n) is 46.8. The van der Waals surface area contributed by atoms with Gasteiger partial charge < -0.3 is 39.2 Å². The second-order valence-electron chi connectivity index (χ2n) is 20.1. The molecule has 6 aromatic carbocycles. The van der Waals surface area contributed by atoms with Crippen LogP contribution in [0.1, 0.15) is 170 Å². The minimum atomic E-state index is -0.665. The minimum Gasteiger partial charge on any atom is -0.508 e. The number of ether oxygens (including phenoxy) is 2. The molecule has 2 amide bonds. The van der Waals surface area contributed by atoms with E-state index in [9.17, 15) is 32.3 Å². The van der Waals surface area contributed by atoms with Crippen LogP contribution in [-0.2, 0) is 0 Å². The Morgan fingerprint density at radius 1 is 0.481 bits per heavy atom. The highest BCUT2D eigenvalue weighted by Crippen LogP contribution is 2.33. The summed E-state index contributed by atoms with van der Waals surface area (Å²) in [6.07, 6.45) is 2.21. The first-order valence-corrected chi connectivity index (χ1v) is 29.0. The van der Waals surface area contributed by atoms with Crippen LogP contribution < -0.4 is 20.1 Å². The van der Waals surface area contributed by atoms with Gasteiger partial charge in [-0.25, -0.2) is 17.6 Å². The van der Waals surface area contributed by atoms with Gasteiger partial charge in [0.25, 0.3) is 11.8 Å². The maximum absolute atomic E-state index is 13.8. The number of nitrogens with one attached hydrogen (secondary N) is 2. The monoisotopic (exact) mass is 1450 g/mol. The lowest BCUT2D eigenvalue weighted by Gasteiger charge is -2.14. The highest BCUT2D eigenvalue weighted by molar-refractivity contribution is 14.1. The summed E-state index contributed by atoms with van der Waals surface area (Å²) in [6, 6.07) is 28.4. The molecule has 12 nitrogen and oxygen atoms in total. The molecule has 0 radical (unpaired) electrons. The van der Waals surface area contributed by atoms with Crippen LogP contribution in [0.25, 0.3) is 0 Å². The van der Waals surface area contributed by atoms with E-state index in [4.69, 9.17) is 23.4 Å². The van der Waals surface area contributed by atoms with Gasteiger partial charge in [0.15, 0.2) is 11.4 Å². The van der Waals surface area contributed by atoms with Gasteiger partial charge in [-0.05, 0) is 225 Å². The van der Waals surface area contributed by atoms with Crippen molar-refractivity contribution >= 4 is 79.6 Å². The molecule has 0 unspecified atom stereocenters. The Kier molecular flexibility index (Phi) is 24.5. The topological polar surface area (TPSA) is 169 Å². The highest BCUT2D eigenvalue weighted by atomic mass is 127. The third kappa shape index (κ3) is 19.2. The molecule has 430 valence electrons.